The molecular formula is C26H30ClF3N4O4S. The molecule has 1 aromatic carbocycles. The fourth-order valence-corrected chi connectivity index (χ4v) is 5.70. The first kappa shape index (κ1) is 30.7. The molecule has 0 saturated carbocycles. The molecule has 1 N–H and O–H groups in total. The highest BCUT2D eigenvalue weighted by Gasteiger charge is 2.51. The Balaban J connectivity index is 0.000000532. The standard InChI is InChI=1S/C24H29ClN4O2S.C2HF3O2/c1-24(2)22(30)29(23(31)28(24)16-17-8-11-26-12-9-17)19-6-7-21(20(25)15-19)32-14-10-18-5-4-13-27(18)3;3-2(4,5)1(6)7/h6-9,11-12,15,18H,4-5,10,13-14,16H2,1-3H3;(H,6,7). The van der Waals surface area contributed by atoms with Gasteiger partial charge in [0.15, 0.2) is 0 Å². The number of rotatable bonds is 7. The first-order chi connectivity index (χ1) is 18.2. The normalized spacial score (nSPS) is 19.3. The Kier molecular flexibility index (Phi) is 9.89. The van der Waals surface area contributed by atoms with Gasteiger partial charge in [0.25, 0.3) is 5.91 Å². The molecule has 2 aromatic rings. The van der Waals surface area contributed by atoms with E-state index in [4.69, 9.17) is 21.5 Å². The molecule has 1 unspecified atom stereocenters. The number of amides is 3. The zero-order valence-electron chi connectivity index (χ0n) is 21.7. The van der Waals surface area contributed by atoms with E-state index in [0.29, 0.717) is 23.3 Å². The summed E-state index contributed by atoms with van der Waals surface area (Å²) in [6.45, 7) is 5.08. The summed E-state index contributed by atoms with van der Waals surface area (Å²) in [6, 6.07) is 9.47. The van der Waals surface area contributed by atoms with E-state index < -0.39 is 17.7 Å². The highest BCUT2D eigenvalue weighted by molar-refractivity contribution is 7.99. The van der Waals surface area contributed by atoms with E-state index in [1.54, 1.807) is 49.0 Å². The lowest BCUT2D eigenvalue weighted by molar-refractivity contribution is -0.192. The fourth-order valence-electron chi connectivity index (χ4n) is 4.39. The molecule has 13 heteroatoms. The SMILES string of the molecule is CN1CCCC1CCSc1ccc(N2C(=O)N(Cc3ccncc3)C(C)(C)C2=O)cc1Cl.O=C(O)C(F)(F)F. The van der Waals surface area contributed by atoms with Crippen LogP contribution in [0.15, 0.2) is 47.6 Å². The average Bonchev–Trinajstić information content (AvgIpc) is 3.34. The number of hydrogen-bond acceptors (Lipinski definition) is 6. The molecular weight excluding hydrogens is 557 g/mol. The maximum absolute atomic E-state index is 13.2. The van der Waals surface area contributed by atoms with Crippen LogP contribution in [0.4, 0.5) is 23.7 Å². The van der Waals surface area contributed by atoms with E-state index in [0.717, 1.165) is 22.6 Å². The van der Waals surface area contributed by atoms with Crippen LogP contribution in [0.2, 0.25) is 5.02 Å². The third-order valence-electron chi connectivity index (χ3n) is 6.71. The van der Waals surface area contributed by atoms with Crippen LogP contribution >= 0.6 is 23.4 Å². The van der Waals surface area contributed by atoms with Crippen LogP contribution in [0.25, 0.3) is 0 Å². The Hall–Kier alpha value is -2.83. The number of aliphatic carboxylic acids is 1. The fraction of sp³-hybridized carbons (Fsp3) is 0.462. The van der Waals surface area contributed by atoms with Crippen molar-refractivity contribution in [2.75, 3.05) is 24.2 Å². The predicted octanol–water partition coefficient (Wildman–Crippen LogP) is 5.69. The number of aromatic nitrogens is 1. The number of likely N-dealkylation sites (tertiary alicyclic amines) is 1. The highest BCUT2D eigenvalue weighted by Crippen LogP contribution is 2.37. The van der Waals surface area contributed by atoms with Crippen LogP contribution in [0.5, 0.6) is 0 Å². The number of carbonyl (C=O) groups excluding carboxylic acids is 2. The highest BCUT2D eigenvalue weighted by atomic mass is 35.5. The van der Waals surface area contributed by atoms with E-state index in [-0.39, 0.29) is 11.9 Å². The van der Waals surface area contributed by atoms with Gasteiger partial charge in [-0.15, -0.1) is 11.8 Å². The van der Waals surface area contributed by atoms with Gasteiger partial charge in [0.2, 0.25) is 0 Å². The molecule has 2 aliphatic heterocycles. The maximum Gasteiger partial charge on any atom is 0.490 e. The molecule has 1 aromatic heterocycles. The number of hydrogen-bond donors (Lipinski definition) is 1. The van der Waals surface area contributed by atoms with E-state index in [1.165, 1.54) is 24.3 Å². The Labute approximate surface area is 234 Å². The van der Waals surface area contributed by atoms with Gasteiger partial charge in [-0.1, -0.05) is 11.6 Å². The van der Waals surface area contributed by atoms with Crippen LogP contribution in [0, 0.1) is 0 Å². The van der Waals surface area contributed by atoms with Crippen molar-refractivity contribution in [3.05, 3.63) is 53.3 Å². The van der Waals surface area contributed by atoms with Crippen LogP contribution in [-0.4, -0.2) is 74.9 Å². The van der Waals surface area contributed by atoms with E-state index in [1.807, 2.05) is 24.3 Å². The van der Waals surface area contributed by atoms with Gasteiger partial charge < -0.3 is 14.9 Å². The van der Waals surface area contributed by atoms with Crippen LogP contribution in [0.3, 0.4) is 0 Å². The number of halogens is 4. The van der Waals surface area contributed by atoms with E-state index >= 15 is 0 Å². The van der Waals surface area contributed by atoms with Gasteiger partial charge in [0, 0.05) is 29.9 Å². The lowest BCUT2D eigenvalue weighted by Crippen LogP contribution is -2.43. The Morgan fingerprint density at radius 3 is 2.38 bits per heavy atom. The molecule has 212 valence electrons. The number of benzene rings is 1. The summed E-state index contributed by atoms with van der Waals surface area (Å²) in [6.07, 6.45) is 1.94. The van der Waals surface area contributed by atoms with Crippen molar-refractivity contribution in [1.29, 1.82) is 0 Å². The Morgan fingerprint density at radius 2 is 1.85 bits per heavy atom. The lowest BCUT2D eigenvalue weighted by atomic mass is 10.0. The summed E-state index contributed by atoms with van der Waals surface area (Å²) in [7, 11) is 2.19. The molecule has 2 aliphatic rings. The van der Waals surface area contributed by atoms with Crippen molar-refractivity contribution in [3.8, 4) is 0 Å². The number of imide groups is 1. The monoisotopic (exact) mass is 586 g/mol. The maximum atomic E-state index is 13.2. The number of urea groups is 1. The van der Waals surface area contributed by atoms with Crippen molar-refractivity contribution in [2.45, 2.75) is 62.3 Å². The lowest BCUT2D eigenvalue weighted by Gasteiger charge is -2.27. The number of pyridine rings is 1. The number of nitrogens with zero attached hydrogens (tertiary/aromatic N) is 4. The third kappa shape index (κ3) is 7.43. The number of anilines is 1. The third-order valence-corrected chi connectivity index (χ3v) is 8.24. The quantitative estimate of drug-likeness (QED) is 0.329. The summed E-state index contributed by atoms with van der Waals surface area (Å²) in [5.74, 6) is -2.02. The molecule has 39 heavy (non-hydrogen) atoms. The first-order valence-electron chi connectivity index (χ1n) is 12.2. The number of carboxylic acid groups (broad SMARTS) is 1. The molecule has 1 atom stereocenters. The summed E-state index contributed by atoms with van der Waals surface area (Å²) >= 11 is 8.29. The van der Waals surface area contributed by atoms with Gasteiger partial charge in [0.1, 0.15) is 5.54 Å². The van der Waals surface area contributed by atoms with Crippen LogP contribution in [0.1, 0.15) is 38.7 Å². The molecule has 8 nitrogen and oxygen atoms in total. The largest absolute Gasteiger partial charge is 0.490 e. The van der Waals surface area contributed by atoms with Gasteiger partial charge in [-0.05, 0) is 88.4 Å². The minimum Gasteiger partial charge on any atom is -0.475 e. The van der Waals surface area contributed by atoms with Gasteiger partial charge in [-0.2, -0.15) is 13.2 Å². The van der Waals surface area contributed by atoms with Crippen molar-refractivity contribution < 1.29 is 32.7 Å². The first-order valence-corrected chi connectivity index (χ1v) is 13.6. The summed E-state index contributed by atoms with van der Waals surface area (Å²) in [4.78, 5) is 45.6. The molecule has 3 heterocycles. The summed E-state index contributed by atoms with van der Waals surface area (Å²) < 4.78 is 31.7. The van der Waals surface area contributed by atoms with Gasteiger partial charge >= 0.3 is 18.2 Å². The van der Waals surface area contributed by atoms with Crippen molar-refractivity contribution in [3.63, 3.8) is 0 Å². The molecule has 0 radical (unpaired) electrons. The van der Waals surface area contributed by atoms with Crippen molar-refractivity contribution >= 4 is 47.0 Å². The van der Waals surface area contributed by atoms with Gasteiger partial charge in [-0.25, -0.2) is 14.5 Å². The molecule has 0 spiro atoms. The van der Waals surface area contributed by atoms with E-state index in [2.05, 4.69) is 16.9 Å². The number of thioether (sulfide) groups is 1. The second-order valence-electron chi connectivity index (χ2n) is 9.76. The number of carbonyl (C=O) groups is 3. The molecule has 0 aliphatic carbocycles. The van der Waals surface area contributed by atoms with Crippen LogP contribution in [-0.2, 0) is 16.1 Å². The molecule has 3 amide bonds. The molecule has 0 bridgehead atoms. The average molecular weight is 587 g/mol. The minimum absolute atomic E-state index is 0.253. The van der Waals surface area contributed by atoms with Crippen molar-refractivity contribution in [1.82, 2.24) is 14.8 Å². The number of alkyl halides is 3. The summed E-state index contributed by atoms with van der Waals surface area (Å²) in [5, 5.41) is 7.69. The topological polar surface area (TPSA) is 94.0 Å². The van der Waals surface area contributed by atoms with E-state index in [9.17, 15) is 22.8 Å². The summed E-state index contributed by atoms with van der Waals surface area (Å²) in [5.41, 5.74) is 0.483. The Bertz CT molecular complexity index is 1200. The number of carboxylic acids is 1. The van der Waals surface area contributed by atoms with Gasteiger partial charge in [0.05, 0.1) is 10.7 Å². The zero-order valence-corrected chi connectivity index (χ0v) is 23.3. The minimum atomic E-state index is -5.08. The second-order valence-corrected chi connectivity index (χ2v) is 11.3. The second kappa shape index (κ2) is 12.6. The Morgan fingerprint density at radius 1 is 1.21 bits per heavy atom. The smallest absolute Gasteiger partial charge is 0.475 e. The van der Waals surface area contributed by atoms with Crippen LogP contribution < -0.4 is 4.90 Å². The molecule has 4 rings (SSSR count). The predicted molar refractivity (Wildman–Crippen MR) is 143 cm³/mol. The van der Waals surface area contributed by atoms with Crippen molar-refractivity contribution in [2.24, 2.45) is 0 Å². The molecule has 2 fully saturated rings. The molecule has 2 saturated heterocycles. The zero-order chi connectivity index (χ0) is 29.0. The van der Waals surface area contributed by atoms with Gasteiger partial charge in [-0.3, -0.25) is 9.78 Å².